The van der Waals surface area contributed by atoms with Gasteiger partial charge in [-0.1, -0.05) is 53.8 Å². The number of hydrogen-bond donors (Lipinski definition) is 0. The van der Waals surface area contributed by atoms with Crippen LogP contribution in [0.5, 0.6) is 0 Å². The van der Waals surface area contributed by atoms with E-state index < -0.39 is 16.4 Å². The Morgan fingerprint density at radius 2 is 1.96 bits per heavy atom. The minimum absolute atomic E-state index is 0.863. The molecule has 1 nitrogen and oxygen atoms in total. The second kappa shape index (κ2) is 5.42. The molecule has 0 N–H and O–H groups in total. The summed E-state index contributed by atoms with van der Waals surface area (Å²) in [5, 5.41) is 3.57. The number of benzene rings is 1. The van der Waals surface area contributed by atoms with Crippen LogP contribution in [0.25, 0.3) is 10.8 Å². The third-order valence-electron chi connectivity index (χ3n) is 5.65. The Hall–Kier alpha value is -1.17. The fourth-order valence-electron chi connectivity index (χ4n) is 4.34. The maximum absolute atomic E-state index is 6.10. The summed E-state index contributed by atoms with van der Waals surface area (Å²) in [5.41, 5.74) is 7.75. The maximum Gasteiger partial charge on any atom is 0.183 e. The van der Waals surface area contributed by atoms with Gasteiger partial charge in [0.1, 0.15) is 8.07 Å². The van der Waals surface area contributed by atoms with E-state index in [9.17, 15) is 0 Å². The monoisotopic (exact) mass is 352 g/mol. The summed E-state index contributed by atoms with van der Waals surface area (Å²) in [6, 6.07) is 6.96. The number of rotatable bonds is 5. The molecule has 4 rings (SSSR count). The Balaban J connectivity index is 1.64. The highest BCUT2D eigenvalue weighted by atomic mass is 28.4. The minimum atomic E-state index is -1.42. The maximum atomic E-state index is 6.10. The molecule has 0 aromatic heterocycles. The van der Waals surface area contributed by atoms with Crippen LogP contribution in [0.4, 0.5) is 0 Å². The van der Waals surface area contributed by atoms with Gasteiger partial charge in [0.05, 0.1) is 0 Å². The van der Waals surface area contributed by atoms with Gasteiger partial charge in [0.25, 0.3) is 0 Å². The van der Waals surface area contributed by atoms with Crippen LogP contribution in [0, 0.1) is 0 Å². The van der Waals surface area contributed by atoms with Crippen molar-refractivity contribution < 1.29 is 4.43 Å². The van der Waals surface area contributed by atoms with Gasteiger partial charge in [0.15, 0.2) is 8.32 Å². The molecule has 1 heterocycles. The number of fused-ring (bicyclic) bond motifs is 2. The van der Waals surface area contributed by atoms with Crippen LogP contribution < -0.4 is 0 Å². The first-order valence-corrected chi connectivity index (χ1v) is 15.6. The van der Waals surface area contributed by atoms with Crippen molar-refractivity contribution in [3.8, 4) is 0 Å². The Morgan fingerprint density at radius 3 is 2.71 bits per heavy atom. The van der Waals surface area contributed by atoms with Gasteiger partial charge in [-0.2, -0.15) is 0 Å². The van der Waals surface area contributed by atoms with Crippen molar-refractivity contribution in [3.63, 3.8) is 0 Å². The molecule has 0 atom stereocenters. The third kappa shape index (κ3) is 2.63. The molecule has 1 aromatic rings. The topological polar surface area (TPSA) is 9.23 Å². The Bertz CT molecular complexity index is 804. The van der Waals surface area contributed by atoms with E-state index >= 15 is 0 Å². The highest BCUT2D eigenvalue weighted by Crippen LogP contribution is 2.58. The largest absolute Gasteiger partial charge is 0.417 e. The van der Waals surface area contributed by atoms with E-state index in [1.165, 1.54) is 17.6 Å². The van der Waals surface area contributed by atoms with E-state index in [2.05, 4.69) is 63.1 Å². The molecule has 2 aliphatic carbocycles. The van der Waals surface area contributed by atoms with Gasteiger partial charge in [0.2, 0.25) is 0 Å². The smallest absolute Gasteiger partial charge is 0.183 e. The van der Waals surface area contributed by atoms with Crippen molar-refractivity contribution in [1.29, 1.82) is 0 Å². The zero-order valence-corrected chi connectivity index (χ0v) is 17.6. The molecule has 0 saturated heterocycles. The van der Waals surface area contributed by atoms with Gasteiger partial charge in [-0.25, -0.2) is 0 Å². The molecule has 1 aliphatic heterocycles. The highest BCUT2D eigenvalue weighted by molar-refractivity contribution is 7.13. The van der Waals surface area contributed by atoms with Crippen LogP contribution in [-0.2, 0) is 10.8 Å². The second-order valence-electron chi connectivity index (χ2n) is 8.82. The Kier molecular flexibility index (Phi) is 3.68. The van der Waals surface area contributed by atoms with Crippen LogP contribution >= 0.6 is 0 Å². The molecule has 0 bridgehead atoms. The van der Waals surface area contributed by atoms with Gasteiger partial charge in [-0.3, -0.25) is 0 Å². The molecule has 3 heteroatoms. The predicted molar refractivity (Wildman–Crippen MR) is 109 cm³/mol. The third-order valence-corrected chi connectivity index (χ3v) is 10.2. The summed E-state index contributed by atoms with van der Waals surface area (Å²) in [7, 11) is -2.56. The van der Waals surface area contributed by atoms with Crippen LogP contribution in [0.15, 0.2) is 41.1 Å². The molecule has 0 fully saturated rings. The molecule has 0 saturated carbocycles. The van der Waals surface area contributed by atoms with Crippen LogP contribution in [0.1, 0.15) is 29.5 Å². The van der Waals surface area contributed by atoms with E-state index in [0.717, 1.165) is 19.4 Å². The first-order valence-electron chi connectivity index (χ1n) is 9.18. The van der Waals surface area contributed by atoms with E-state index in [1.54, 1.807) is 27.1 Å². The zero-order chi connectivity index (χ0) is 17.1. The standard InChI is InChI=1S/C21H28OSi2/c1-23(2,3)22-13-12-15-8-6-10-17(15)18-11-7-9-16-14-19-21(20(16)18)24(19,4)5/h6-9,11H,10,12-14H2,1-5H3. The summed E-state index contributed by atoms with van der Waals surface area (Å²) in [4.78, 5) is 0. The lowest BCUT2D eigenvalue weighted by Crippen LogP contribution is -2.25. The molecular formula is C21H28OSi2. The quantitative estimate of drug-likeness (QED) is 0.613. The van der Waals surface area contributed by atoms with E-state index in [-0.39, 0.29) is 0 Å². The summed E-state index contributed by atoms with van der Waals surface area (Å²) >= 11 is 0. The second-order valence-corrected chi connectivity index (χ2v) is 17.7. The van der Waals surface area contributed by atoms with Crippen molar-refractivity contribution in [2.24, 2.45) is 0 Å². The van der Waals surface area contributed by atoms with Crippen molar-refractivity contribution in [3.05, 3.63) is 57.8 Å². The molecule has 0 unspecified atom stereocenters. The van der Waals surface area contributed by atoms with E-state index in [4.69, 9.17) is 4.43 Å². The Labute approximate surface area is 148 Å². The number of hydrogen-bond acceptors (Lipinski definition) is 1. The van der Waals surface area contributed by atoms with Gasteiger partial charge >= 0.3 is 0 Å². The van der Waals surface area contributed by atoms with Gasteiger partial charge in [-0.15, -0.1) is 0 Å². The molecule has 0 radical (unpaired) electrons. The first-order chi connectivity index (χ1) is 11.3. The van der Waals surface area contributed by atoms with E-state index in [0.29, 0.717) is 0 Å². The van der Waals surface area contributed by atoms with Crippen LogP contribution in [-0.4, -0.2) is 23.0 Å². The van der Waals surface area contributed by atoms with E-state index in [1.807, 2.05) is 0 Å². The summed E-state index contributed by atoms with van der Waals surface area (Å²) in [5.74, 6) is 0. The normalized spacial score (nSPS) is 20.7. The summed E-state index contributed by atoms with van der Waals surface area (Å²) in [6.07, 6.45) is 8.03. The lowest BCUT2D eigenvalue weighted by atomic mass is 9.93. The van der Waals surface area contributed by atoms with Gasteiger partial charge < -0.3 is 4.43 Å². The molecule has 0 amide bonds. The number of allylic oxidation sites excluding steroid dienone is 4. The summed E-state index contributed by atoms with van der Waals surface area (Å²) in [6.45, 7) is 12.7. The molecule has 1 aromatic carbocycles. The zero-order valence-electron chi connectivity index (χ0n) is 15.6. The van der Waals surface area contributed by atoms with Gasteiger partial charge in [0, 0.05) is 6.61 Å². The lowest BCUT2D eigenvalue weighted by Gasteiger charge is -2.20. The highest BCUT2D eigenvalue weighted by Gasteiger charge is 2.52. The minimum Gasteiger partial charge on any atom is -0.417 e. The van der Waals surface area contributed by atoms with Crippen molar-refractivity contribution in [2.75, 3.05) is 6.61 Å². The molecule has 3 aliphatic rings. The molecule has 0 spiro atoms. The van der Waals surface area contributed by atoms with Crippen LogP contribution in [0.2, 0.25) is 32.7 Å². The Morgan fingerprint density at radius 1 is 1.17 bits per heavy atom. The molecule has 24 heavy (non-hydrogen) atoms. The summed E-state index contributed by atoms with van der Waals surface area (Å²) < 4.78 is 6.10. The predicted octanol–water partition coefficient (Wildman–Crippen LogP) is 5.75. The first kappa shape index (κ1) is 16.3. The SMILES string of the molecule is C[Si](C)(C)OCCC1=C(c2cccc3c2C2=C(C3)[Si]2(C)C)CC=C1. The average Bonchev–Trinajstić information content (AvgIpc) is 2.92. The van der Waals surface area contributed by atoms with Crippen molar-refractivity contribution in [2.45, 2.75) is 52.0 Å². The average molecular weight is 353 g/mol. The van der Waals surface area contributed by atoms with Crippen molar-refractivity contribution in [1.82, 2.24) is 0 Å². The van der Waals surface area contributed by atoms with Crippen molar-refractivity contribution >= 4 is 27.2 Å². The lowest BCUT2D eigenvalue weighted by molar-refractivity contribution is 0.317. The molecular weight excluding hydrogens is 324 g/mol. The molecule has 126 valence electrons. The van der Waals surface area contributed by atoms with Gasteiger partial charge in [-0.05, 0) is 66.7 Å². The fourth-order valence-corrected chi connectivity index (χ4v) is 8.66. The fraction of sp³-hybridized carbons (Fsp3) is 0.429. The van der Waals surface area contributed by atoms with Crippen LogP contribution in [0.3, 0.4) is 0 Å².